The quantitative estimate of drug-likeness (QED) is 0.831. The molecule has 0 atom stereocenters. The number of aliphatic imine (C=N–C) groups is 1. The molecular weight excluding hydrogens is 203 g/mol. The van der Waals surface area contributed by atoms with E-state index in [1.165, 1.54) is 18.9 Å². The zero-order chi connectivity index (χ0) is 11.2. The van der Waals surface area contributed by atoms with Crippen LogP contribution in [0.1, 0.15) is 24.8 Å². The Bertz CT molecular complexity index is 374. The molecule has 0 saturated carbocycles. The van der Waals surface area contributed by atoms with Crippen molar-refractivity contribution in [3.05, 3.63) is 35.6 Å². The Hall–Kier alpha value is -1.38. The molecule has 1 N–H and O–H groups in total. The third-order valence-corrected chi connectivity index (χ3v) is 2.81. The highest BCUT2D eigenvalue weighted by Gasteiger charge is 2.05. The van der Waals surface area contributed by atoms with Crippen molar-refractivity contribution in [3.63, 3.8) is 0 Å². The van der Waals surface area contributed by atoms with Crippen LogP contribution in [0.3, 0.4) is 0 Å². The van der Waals surface area contributed by atoms with Gasteiger partial charge in [0.25, 0.3) is 0 Å². The summed E-state index contributed by atoms with van der Waals surface area (Å²) in [5.74, 6) is 0.970. The molecule has 0 radical (unpaired) electrons. The van der Waals surface area contributed by atoms with Crippen LogP contribution in [0.2, 0.25) is 0 Å². The third-order valence-electron chi connectivity index (χ3n) is 2.81. The first kappa shape index (κ1) is 11.1. The standard InChI is InChI=1S/C13H17FN2/c14-12-6-2-1-5-11(12)8-10-16-13-7-3-4-9-15-13/h1-2,5-6H,3-4,7-10H2,(H,15,16). The smallest absolute Gasteiger partial charge is 0.126 e. The van der Waals surface area contributed by atoms with Crippen molar-refractivity contribution in [2.75, 3.05) is 13.1 Å². The van der Waals surface area contributed by atoms with Gasteiger partial charge in [-0.3, -0.25) is 4.99 Å². The average Bonchev–Trinajstić information content (AvgIpc) is 2.33. The molecule has 1 heterocycles. The minimum Gasteiger partial charge on any atom is -0.374 e. The minimum atomic E-state index is -0.116. The lowest BCUT2D eigenvalue weighted by molar-refractivity contribution is 0.606. The van der Waals surface area contributed by atoms with Crippen molar-refractivity contribution in [2.45, 2.75) is 25.7 Å². The van der Waals surface area contributed by atoms with E-state index in [0.717, 1.165) is 30.9 Å². The van der Waals surface area contributed by atoms with Crippen molar-refractivity contribution < 1.29 is 4.39 Å². The lowest BCUT2D eigenvalue weighted by Gasteiger charge is -2.13. The molecule has 1 aromatic rings. The van der Waals surface area contributed by atoms with Gasteiger partial charge >= 0.3 is 0 Å². The summed E-state index contributed by atoms with van der Waals surface area (Å²) < 4.78 is 13.3. The maximum absolute atomic E-state index is 13.3. The van der Waals surface area contributed by atoms with Crippen molar-refractivity contribution in [3.8, 4) is 0 Å². The van der Waals surface area contributed by atoms with Crippen LogP contribution in [-0.4, -0.2) is 18.9 Å². The first-order chi connectivity index (χ1) is 7.86. The SMILES string of the molecule is Fc1ccccc1CCNC1=NCCCC1. The second kappa shape index (κ2) is 5.64. The predicted molar refractivity (Wildman–Crippen MR) is 64.3 cm³/mol. The first-order valence-electron chi connectivity index (χ1n) is 5.87. The molecule has 1 aliphatic rings. The summed E-state index contributed by atoms with van der Waals surface area (Å²) in [6.07, 6.45) is 4.16. The third kappa shape index (κ3) is 3.05. The van der Waals surface area contributed by atoms with Crippen LogP contribution in [0.4, 0.5) is 4.39 Å². The number of benzene rings is 1. The lowest BCUT2D eigenvalue weighted by atomic mass is 10.1. The van der Waals surface area contributed by atoms with Gasteiger partial charge in [0.1, 0.15) is 5.82 Å². The van der Waals surface area contributed by atoms with Gasteiger partial charge in [-0.15, -0.1) is 0 Å². The van der Waals surface area contributed by atoms with Gasteiger partial charge in [0.05, 0.1) is 5.84 Å². The van der Waals surface area contributed by atoms with Gasteiger partial charge in [-0.05, 0) is 30.9 Å². The van der Waals surface area contributed by atoms with Crippen LogP contribution in [0.5, 0.6) is 0 Å². The van der Waals surface area contributed by atoms with E-state index in [0.29, 0.717) is 6.42 Å². The summed E-state index contributed by atoms with van der Waals surface area (Å²) >= 11 is 0. The molecule has 16 heavy (non-hydrogen) atoms. The highest BCUT2D eigenvalue weighted by Crippen LogP contribution is 2.07. The van der Waals surface area contributed by atoms with E-state index in [1.807, 2.05) is 12.1 Å². The number of nitrogens with zero attached hydrogens (tertiary/aromatic N) is 1. The number of amidine groups is 1. The van der Waals surface area contributed by atoms with Crippen LogP contribution < -0.4 is 5.32 Å². The van der Waals surface area contributed by atoms with Gasteiger partial charge in [-0.2, -0.15) is 0 Å². The van der Waals surface area contributed by atoms with Gasteiger partial charge in [0, 0.05) is 19.5 Å². The maximum atomic E-state index is 13.3. The summed E-state index contributed by atoms with van der Waals surface area (Å²) in [7, 11) is 0. The fraction of sp³-hybridized carbons (Fsp3) is 0.462. The molecule has 0 unspecified atom stereocenters. The van der Waals surface area contributed by atoms with E-state index in [2.05, 4.69) is 10.3 Å². The summed E-state index contributed by atoms with van der Waals surface area (Å²) in [5, 5.41) is 3.28. The van der Waals surface area contributed by atoms with Gasteiger partial charge < -0.3 is 5.32 Å². The van der Waals surface area contributed by atoms with E-state index < -0.39 is 0 Å². The molecule has 0 fully saturated rings. The Kier molecular flexibility index (Phi) is 3.91. The molecule has 0 spiro atoms. The Morgan fingerprint density at radius 2 is 2.12 bits per heavy atom. The van der Waals surface area contributed by atoms with Crippen molar-refractivity contribution in [1.82, 2.24) is 5.32 Å². The number of halogens is 1. The van der Waals surface area contributed by atoms with Crippen LogP contribution >= 0.6 is 0 Å². The van der Waals surface area contributed by atoms with E-state index in [1.54, 1.807) is 6.07 Å². The van der Waals surface area contributed by atoms with Crippen molar-refractivity contribution in [1.29, 1.82) is 0 Å². The number of rotatable bonds is 3. The molecule has 0 saturated heterocycles. The van der Waals surface area contributed by atoms with Gasteiger partial charge in [-0.25, -0.2) is 4.39 Å². The fourth-order valence-electron chi connectivity index (χ4n) is 1.88. The fourth-order valence-corrected chi connectivity index (χ4v) is 1.88. The monoisotopic (exact) mass is 220 g/mol. The maximum Gasteiger partial charge on any atom is 0.126 e. The van der Waals surface area contributed by atoms with E-state index in [9.17, 15) is 4.39 Å². The Labute approximate surface area is 95.6 Å². The van der Waals surface area contributed by atoms with Crippen LogP contribution in [0, 0.1) is 5.82 Å². The highest BCUT2D eigenvalue weighted by atomic mass is 19.1. The average molecular weight is 220 g/mol. The van der Waals surface area contributed by atoms with E-state index in [-0.39, 0.29) is 5.82 Å². The normalized spacial score (nSPS) is 15.7. The molecule has 1 aliphatic heterocycles. The van der Waals surface area contributed by atoms with Gasteiger partial charge in [0.15, 0.2) is 0 Å². The number of nitrogens with one attached hydrogen (secondary N) is 1. The second-order valence-electron chi connectivity index (χ2n) is 4.05. The number of hydrogen-bond donors (Lipinski definition) is 1. The highest BCUT2D eigenvalue weighted by molar-refractivity contribution is 5.82. The Morgan fingerprint density at radius 1 is 1.25 bits per heavy atom. The molecule has 2 nitrogen and oxygen atoms in total. The molecule has 86 valence electrons. The first-order valence-corrected chi connectivity index (χ1v) is 5.87. The van der Waals surface area contributed by atoms with Gasteiger partial charge in [0.2, 0.25) is 0 Å². The number of hydrogen-bond acceptors (Lipinski definition) is 2. The second-order valence-corrected chi connectivity index (χ2v) is 4.05. The molecular formula is C13H17FN2. The molecule has 1 aromatic carbocycles. The molecule has 0 amide bonds. The topological polar surface area (TPSA) is 24.4 Å². The lowest BCUT2D eigenvalue weighted by Crippen LogP contribution is -2.27. The molecule has 0 bridgehead atoms. The summed E-state index contributed by atoms with van der Waals surface area (Å²) in [6, 6.07) is 6.93. The minimum absolute atomic E-state index is 0.116. The molecule has 2 rings (SSSR count). The van der Waals surface area contributed by atoms with Crippen LogP contribution in [0.15, 0.2) is 29.3 Å². The molecule has 3 heteroatoms. The van der Waals surface area contributed by atoms with E-state index in [4.69, 9.17) is 0 Å². The predicted octanol–water partition coefficient (Wildman–Crippen LogP) is 2.54. The largest absolute Gasteiger partial charge is 0.374 e. The van der Waals surface area contributed by atoms with Crippen LogP contribution in [0.25, 0.3) is 0 Å². The zero-order valence-corrected chi connectivity index (χ0v) is 9.38. The Balaban J connectivity index is 1.80. The van der Waals surface area contributed by atoms with Crippen LogP contribution in [-0.2, 0) is 6.42 Å². The molecule has 0 aromatic heterocycles. The van der Waals surface area contributed by atoms with Crippen molar-refractivity contribution >= 4 is 5.84 Å². The Morgan fingerprint density at radius 3 is 2.88 bits per heavy atom. The van der Waals surface area contributed by atoms with Gasteiger partial charge in [-0.1, -0.05) is 18.2 Å². The summed E-state index contributed by atoms with van der Waals surface area (Å²) in [5.41, 5.74) is 0.770. The summed E-state index contributed by atoms with van der Waals surface area (Å²) in [6.45, 7) is 1.70. The molecule has 0 aliphatic carbocycles. The summed E-state index contributed by atoms with van der Waals surface area (Å²) in [4.78, 5) is 4.39. The van der Waals surface area contributed by atoms with E-state index >= 15 is 0 Å². The van der Waals surface area contributed by atoms with Crippen molar-refractivity contribution in [2.24, 2.45) is 4.99 Å². The zero-order valence-electron chi connectivity index (χ0n) is 9.38.